The number of hydrogen-bond acceptors (Lipinski definition) is 7. The van der Waals surface area contributed by atoms with Gasteiger partial charge in [-0.3, -0.25) is 14.7 Å². The lowest BCUT2D eigenvalue weighted by molar-refractivity contribution is -0.122. The van der Waals surface area contributed by atoms with E-state index >= 15 is 0 Å². The second kappa shape index (κ2) is 8.20. The predicted molar refractivity (Wildman–Crippen MR) is 77.4 cm³/mol. The van der Waals surface area contributed by atoms with Crippen molar-refractivity contribution in [3.05, 3.63) is 41.8 Å². The van der Waals surface area contributed by atoms with Gasteiger partial charge >= 0.3 is 0 Å². The molecule has 0 saturated carbocycles. The number of amides is 1. The van der Waals surface area contributed by atoms with E-state index in [4.69, 9.17) is 9.26 Å². The highest BCUT2D eigenvalue weighted by molar-refractivity contribution is 5.77. The molecule has 1 N–H and O–H groups in total. The van der Waals surface area contributed by atoms with Crippen molar-refractivity contribution in [1.29, 1.82) is 0 Å². The minimum atomic E-state index is -0.108. The third kappa shape index (κ3) is 5.23. The number of likely N-dealkylation sites (N-methyl/N-ethyl adjacent to an activating group) is 1. The van der Waals surface area contributed by atoms with Crippen LogP contribution >= 0.6 is 0 Å². The van der Waals surface area contributed by atoms with Crippen LogP contribution < -0.4 is 5.32 Å². The molecule has 0 fully saturated rings. The summed E-state index contributed by atoms with van der Waals surface area (Å²) in [5.41, 5.74) is 1.10. The molecule has 0 unspecified atom stereocenters. The fraction of sp³-hybridized carbons (Fsp3) is 0.429. The molecule has 2 rings (SSSR count). The molecular formula is C14H19N5O3. The Bertz CT molecular complexity index is 587. The summed E-state index contributed by atoms with van der Waals surface area (Å²) in [6, 6.07) is 3.84. The van der Waals surface area contributed by atoms with Crippen LogP contribution in [0.15, 0.2) is 29.0 Å². The van der Waals surface area contributed by atoms with Crippen molar-refractivity contribution < 1.29 is 14.1 Å². The molecule has 22 heavy (non-hydrogen) atoms. The molecule has 2 aromatic rings. The average molecular weight is 305 g/mol. The number of nitrogens with one attached hydrogen (secondary N) is 1. The van der Waals surface area contributed by atoms with E-state index < -0.39 is 0 Å². The summed E-state index contributed by atoms with van der Waals surface area (Å²) in [5.74, 6) is 0.710. The maximum atomic E-state index is 11.9. The molecule has 0 radical (unpaired) electrons. The monoisotopic (exact) mass is 305 g/mol. The smallest absolute Gasteiger partial charge is 0.246 e. The van der Waals surface area contributed by atoms with Gasteiger partial charge in [-0.1, -0.05) is 5.16 Å². The van der Waals surface area contributed by atoms with Gasteiger partial charge in [-0.15, -0.1) is 0 Å². The number of hydrogen-bond donors (Lipinski definition) is 1. The standard InChI is InChI=1S/C14H19N5O3/c1-19(8-11-3-5-15-6-4-11)9-13(20)16-7-14-17-12(10-21-2)18-22-14/h3-6H,7-10H2,1-2H3,(H,16,20). The molecule has 118 valence electrons. The first kappa shape index (κ1) is 16.1. The Morgan fingerprint density at radius 2 is 2.18 bits per heavy atom. The molecule has 0 saturated heterocycles. The van der Waals surface area contributed by atoms with Gasteiger partial charge in [0.1, 0.15) is 6.61 Å². The molecule has 0 aromatic carbocycles. The van der Waals surface area contributed by atoms with Gasteiger partial charge in [0.15, 0.2) is 5.82 Å². The van der Waals surface area contributed by atoms with Crippen LogP contribution in [0.25, 0.3) is 0 Å². The van der Waals surface area contributed by atoms with Crippen molar-refractivity contribution in [3.8, 4) is 0 Å². The van der Waals surface area contributed by atoms with Crippen molar-refractivity contribution in [3.63, 3.8) is 0 Å². The van der Waals surface area contributed by atoms with Gasteiger partial charge in [-0.2, -0.15) is 4.98 Å². The zero-order valence-electron chi connectivity index (χ0n) is 12.7. The first-order valence-electron chi connectivity index (χ1n) is 6.82. The van der Waals surface area contributed by atoms with Gasteiger partial charge in [-0.25, -0.2) is 0 Å². The van der Waals surface area contributed by atoms with Gasteiger partial charge in [0.25, 0.3) is 0 Å². The molecule has 0 aliphatic heterocycles. The number of methoxy groups -OCH3 is 1. The minimum absolute atomic E-state index is 0.108. The first-order valence-corrected chi connectivity index (χ1v) is 6.82. The van der Waals surface area contributed by atoms with E-state index in [1.54, 1.807) is 19.5 Å². The molecule has 0 atom stereocenters. The normalized spacial score (nSPS) is 10.9. The van der Waals surface area contributed by atoms with E-state index in [2.05, 4.69) is 20.4 Å². The van der Waals surface area contributed by atoms with Crippen molar-refractivity contribution in [2.75, 3.05) is 20.7 Å². The summed E-state index contributed by atoms with van der Waals surface area (Å²) in [5, 5.41) is 6.46. The Morgan fingerprint density at radius 1 is 1.41 bits per heavy atom. The Labute approximate surface area is 128 Å². The van der Waals surface area contributed by atoms with Crippen molar-refractivity contribution >= 4 is 5.91 Å². The van der Waals surface area contributed by atoms with E-state index in [0.29, 0.717) is 18.3 Å². The second-order valence-electron chi connectivity index (χ2n) is 4.84. The number of rotatable bonds is 8. The van der Waals surface area contributed by atoms with Crippen LogP contribution in [0, 0.1) is 0 Å². The third-order valence-corrected chi connectivity index (χ3v) is 2.84. The maximum absolute atomic E-state index is 11.9. The topological polar surface area (TPSA) is 93.4 Å². The fourth-order valence-electron chi connectivity index (χ4n) is 1.88. The lowest BCUT2D eigenvalue weighted by Gasteiger charge is -2.15. The van der Waals surface area contributed by atoms with Crippen molar-refractivity contribution in [2.24, 2.45) is 0 Å². The van der Waals surface area contributed by atoms with Crippen LogP contribution in [-0.4, -0.2) is 46.6 Å². The first-order chi connectivity index (χ1) is 10.7. The van der Waals surface area contributed by atoms with Gasteiger partial charge in [0, 0.05) is 26.0 Å². The summed E-state index contributed by atoms with van der Waals surface area (Å²) < 4.78 is 9.88. The van der Waals surface area contributed by atoms with Crippen LogP contribution in [0.2, 0.25) is 0 Å². The summed E-state index contributed by atoms with van der Waals surface area (Å²) >= 11 is 0. The third-order valence-electron chi connectivity index (χ3n) is 2.84. The summed E-state index contributed by atoms with van der Waals surface area (Å²) in [6.07, 6.45) is 3.47. The number of nitrogens with zero attached hydrogens (tertiary/aromatic N) is 4. The SMILES string of the molecule is COCc1noc(CNC(=O)CN(C)Cc2ccncc2)n1. The van der Waals surface area contributed by atoms with E-state index in [-0.39, 0.29) is 25.6 Å². The molecule has 1 amide bonds. The molecule has 2 aromatic heterocycles. The Kier molecular flexibility index (Phi) is 5.99. The van der Waals surface area contributed by atoms with Gasteiger partial charge in [-0.05, 0) is 24.7 Å². The van der Waals surface area contributed by atoms with Crippen LogP contribution in [0.5, 0.6) is 0 Å². The van der Waals surface area contributed by atoms with Crippen molar-refractivity contribution in [2.45, 2.75) is 19.7 Å². The zero-order chi connectivity index (χ0) is 15.8. The summed E-state index contributed by atoms with van der Waals surface area (Å²) in [4.78, 5) is 21.8. The number of ether oxygens (including phenoxy) is 1. The van der Waals surface area contributed by atoms with Crippen LogP contribution in [-0.2, 0) is 29.2 Å². The van der Waals surface area contributed by atoms with Gasteiger partial charge in [0.2, 0.25) is 11.8 Å². The highest BCUT2D eigenvalue weighted by Gasteiger charge is 2.10. The Hall–Kier alpha value is -2.32. The molecule has 0 spiro atoms. The lowest BCUT2D eigenvalue weighted by Crippen LogP contribution is -2.34. The van der Waals surface area contributed by atoms with Crippen molar-refractivity contribution in [1.82, 2.24) is 25.3 Å². The zero-order valence-corrected chi connectivity index (χ0v) is 12.7. The van der Waals surface area contributed by atoms with Gasteiger partial charge in [0.05, 0.1) is 13.1 Å². The average Bonchev–Trinajstić information content (AvgIpc) is 2.94. The quantitative estimate of drug-likeness (QED) is 0.752. The highest BCUT2D eigenvalue weighted by atomic mass is 16.5. The van der Waals surface area contributed by atoms with Crippen LogP contribution in [0.3, 0.4) is 0 Å². The van der Waals surface area contributed by atoms with Gasteiger partial charge < -0.3 is 14.6 Å². The number of pyridine rings is 1. The largest absolute Gasteiger partial charge is 0.377 e. The number of carbonyl (C=O) groups is 1. The second-order valence-corrected chi connectivity index (χ2v) is 4.84. The predicted octanol–water partition coefficient (Wildman–Crippen LogP) is 0.359. The lowest BCUT2D eigenvalue weighted by atomic mass is 10.2. The number of aromatic nitrogens is 3. The Morgan fingerprint density at radius 3 is 2.91 bits per heavy atom. The van der Waals surface area contributed by atoms with E-state index in [1.165, 1.54) is 0 Å². The Balaban J connectivity index is 1.72. The van der Waals surface area contributed by atoms with E-state index in [0.717, 1.165) is 5.56 Å². The maximum Gasteiger partial charge on any atom is 0.246 e. The molecule has 8 heteroatoms. The number of carbonyl (C=O) groups excluding carboxylic acids is 1. The fourth-order valence-corrected chi connectivity index (χ4v) is 1.88. The molecule has 0 aliphatic carbocycles. The molecule has 8 nitrogen and oxygen atoms in total. The molecule has 2 heterocycles. The molecular weight excluding hydrogens is 286 g/mol. The summed E-state index contributed by atoms with van der Waals surface area (Å²) in [6.45, 7) is 1.45. The molecule has 0 aliphatic rings. The van der Waals surface area contributed by atoms with E-state index in [9.17, 15) is 4.79 Å². The van der Waals surface area contributed by atoms with E-state index in [1.807, 2.05) is 24.1 Å². The van der Waals surface area contributed by atoms with Crippen LogP contribution in [0.1, 0.15) is 17.3 Å². The minimum Gasteiger partial charge on any atom is -0.377 e. The molecule has 0 bridgehead atoms. The highest BCUT2D eigenvalue weighted by Crippen LogP contribution is 2.01. The van der Waals surface area contributed by atoms with Crippen LogP contribution in [0.4, 0.5) is 0 Å². The summed E-state index contributed by atoms with van der Waals surface area (Å²) in [7, 11) is 3.43.